The van der Waals surface area contributed by atoms with Crippen molar-refractivity contribution in [3.05, 3.63) is 142 Å². The van der Waals surface area contributed by atoms with Crippen LogP contribution in [0.4, 0.5) is 8.78 Å². The Morgan fingerprint density at radius 1 is 0.854 bits per heavy atom. The van der Waals surface area contributed by atoms with E-state index in [1.54, 1.807) is 18.2 Å². The highest BCUT2D eigenvalue weighted by atomic mass is 19.1. The quantitative estimate of drug-likeness (QED) is 0.248. The number of nitrogens with zero attached hydrogens (tertiary/aromatic N) is 2. The largest absolute Gasteiger partial charge is 0.333 e. The van der Waals surface area contributed by atoms with Gasteiger partial charge in [-0.15, -0.1) is 0 Å². The van der Waals surface area contributed by atoms with Crippen LogP contribution < -0.4 is 0 Å². The molecule has 0 bridgehead atoms. The molecule has 0 saturated carbocycles. The molecule has 0 saturated heterocycles. The fraction of sp³-hybridized carbons (Fsp3) is 0.306. The maximum Gasteiger partial charge on any atom is 0.240 e. The Labute approximate surface area is 242 Å². The average molecular weight is 553 g/mol. The molecule has 41 heavy (non-hydrogen) atoms. The molecule has 0 radical (unpaired) electrons. The molecular weight excluding hydrogens is 514 g/mol. The van der Waals surface area contributed by atoms with Crippen molar-refractivity contribution in [3.63, 3.8) is 0 Å². The molecule has 4 aromatic rings. The molecule has 0 aromatic heterocycles. The molecule has 1 heterocycles. The summed E-state index contributed by atoms with van der Waals surface area (Å²) in [5.74, 6) is -0.639. The summed E-state index contributed by atoms with van der Waals surface area (Å²) in [5.41, 5.74) is 6.75. The van der Waals surface area contributed by atoms with Crippen molar-refractivity contribution in [2.24, 2.45) is 0 Å². The number of halogens is 2. The predicted octanol–water partition coefficient (Wildman–Crippen LogP) is 7.44. The molecule has 0 fully saturated rings. The number of carbonyl (C=O) groups is 1. The van der Waals surface area contributed by atoms with Gasteiger partial charge in [0.2, 0.25) is 5.91 Å². The minimum atomic E-state index is -0.534. The van der Waals surface area contributed by atoms with Gasteiger partial charge in [0, 0.05) is 30.3 Å². The van der Waals surface area contributed by atoms with Crippen molar-refractivity contribution in [1.82, 2.24) is 9.80 Å². The van der Waals surface area contributed by atoms with E-state index < -0.39 is 6.04 Å². The van der Waals surface area contributed by atoms with Gasteiger partial charge >= 0.3 is 0 Å². The molecule has 2 atom stereocenters. The lowest BCUT2D eigenvalue weighted by Gasteiger charge is -2.43. The lowest BCUT2D eigenvalue weighted by Crippen LogP contribution is -2.53. The molecular formula is C36H38F2N2O. The summed E-state index contributed by atoms with van der Waals surface area (Å²) in [5, 5.41) is 0. The molecule has 3 nitrogen and oxygen atoms in total. The summed E-state index contributed by atoms with van der Waals surface area (Å²) in [6.07, 6.45) is 2.25. The average Bonchev–Trinajstić information content (AvgIpc) is 3.41. The molecule has 0 spiro atoms. The topological polar surface area (TPSA) is 23.6 Å². The summed E-state index contributed by atoms with van der Waals surface area (Å²) in [6.45, 7) is 4.71. The first-order valence-electron chi connectivity index (χ1n) is 14.1. The van der Waals surface area contributed by atoms with Gasteiger partial charge in [0.25, 0.3) is 0 Å². The van der Waals surface area contributed by atoms with Gasteiger partial charge in [-0.05, 0) is 67.5 Å². The highest BCUT2D eigenvalue weighted by molar-refractivity contribution is 5.82. The molecule has 1 aliphatic heterocycles. The Morgan fingerprint density at radius 2 is 1.49 bits per heavy atom. The smallest absolute Gasteiger partial charge is 0.240 e. The van der Waals surface area contributed by atoms with Crippen LogP contribution in [0, 0.1) is 18.6 Å². The van der Waals surface area contributed by atoms with Gasteiger partial charge in [0.15, 0.2) is 0 Å². The normalized spacial score (nSPS) is 17.3. The van der Waals surface area contributed by atoms with E-state index in [4.69, 9.17) is 0 Å². The van der Waals surface area contributed by atoms with Crippen molar-refractivity contribution in [2.45, 2.75) is 65.2 Å². The van der Waals surface area contributed by atoms with Crippen molar-refractivity contribution in [1.29, 1.82) is 0 Å². The molecule has 4 aromatic carbocycles. The summed E-state index contributed by atoms with van der Waals surface area (Å²) >= 11 is 0. The molecule has 0 N–H and O–H groups in total. The number of benzene rings is 4. The van der Waals surface area contributed by atoms with Crippen molar-refractivity contribution in [2.75, 3.05) is 6.54 Å². The molecule has 2 aliphatic rings. The van der Waals surface area contributed by atoms with Gasteiger partial charge in [-0.2, -0.15) is 0 Å². The van der Waals surface area contributed by atoms with Crippen LogP contribution in [0.5, 0.6) is 0 Å². The fourth-order valence-corrected chi connectivity index (χ4v) is 6.56. The third kappa shape index (κ3) is 5.56. The summed E-state index contributed by atoms with van der Waals surface area (Å²) in [6, 6.07) is 27.3. The van der Waals surface area contributed by atoms with Crippen LogP contribution in [0.25, 0.3) is 0 Å². The second-order valence-corrected chi connectivity index (χ2v) is 11.2. The van der Waals surface area contributed by atoms with Gasteiger partial charge in [0.1, 0.15) is 11.6 Å². The van der Waals surface area contributed by atoms with Gasteiger partial charge in [0.05, 0.1) is 12.1 Å². The molecule has 5 heteroatoms. The number of hydrogen-bond acceptors (Lipinski definition) is 2. The van der Waals surface area contributed by atoms with E-state index in [0.717, 1.165) is 30.4 Å². The van der Waals surface area contributed by atoms with Crippen LogP contribution in [0.15, 0.2) is 91.0 Å². The summed E-state index contributed by atoms with van der Waals surface area (Å²) in [4.78, 5) is 18.5. The second kappa shape index (κ2) is 12.0. The van der Waals surface area contributed by atoms with Gasteiger partial charge in [-0.25, -0.2) is 8.78 Å². The Morgan fingerprint density at radius 3 is 2.20 bits per heavy atom. The standard InChI is InChI=1S/C35H34F2N2O.CH4/c1-23-15-16-33(37)31(19-23)34-30-13-7-5-9-25(30)17-18-38(34)24(2)35(40)39(22-28-12-6-8-14-32(28)36)29-20-26-10-3-4-11-27(26)21-29;/h3-16,19,24,29,34H,17-18,20-22H2,1-2H3;1H4/t24-,34+;/m0./s1. The first-order chi connectivity index (χ1) is 19.4. The van der Waals surface area contributed by atoms with Crippen LogP contribution in [0.3, 0.4) is 0 Å². The Bertz CT molecular complexity index is 1530. The number of carbonyl (C=O) groups excluding carboxylic acids is 1. The predicted molar refractivity (Wildman–Crippen MR) is 161 cm³/mol. The Balaban J connectivity index is 0.00000337. The van der Waals surface area contributed by atoms with Gasteiger partial charge < -0.3 is 4.90 Å². The SMILES string of the molecule is C.Cc1ccc(F)c([C@H]2c3ccccc3CCN2[C@@H](C)C(=O)N(Cc2ccccc2F)C2Cc3ccccc3C2)c1. The van der Waals surface area contributed by atoms with Crippen molar-refractivity contribution >= 4 is 5.91 Å². The number of rotatable bonds is 6. The van der Waals surface area contributed by atoms with E-state index >= 15 is 4.39 Å². The van der Waals surface area contributed by atoms with Gasteiger partial charge in [-0.3, -0.25) is 9.69 Å². The monoisotopic (exact) mass is 552 g/mol. The molecule has 1 aliphatic carbocycles. The van der Waals surface area contributed by atoms with E-state index in [0.29, 0.717) is 17.7 Å². The third-order valence-electron chi connectivity index (χ3n) is 8.67. The highest BCUT2D eigenvalue weighted by Crippen LogP contribution is 2.39. The van der Waals surface area contributed by atoms with Crippen LogP contribution in [0.2, 0.25) is 0 Å². The lowest BCUT2D eigenvalue weighted by molar-refractivity contribution is -0.140. The maximum atomic E-state index is 15.4. The van der Waals surface area contributed by atoms with Crippen molar-refractivity contribution < 1.29 is 13.6 Å². The Hall–Kier alpha value is -3.83. The van der Waals surface area contributed by atoms with Crippen LogP contribution in [-0.2, 0) is 30.6 Å². The van der Waals surface area contributed by atoms with Crippen LogP contribution in [-0.4, -0.2) is 34.3 Å². The van der Waals surface area contributed by atoms with E-state index in [1.165, 1.54) is 28.8 Å². The van der Waals surface area contributed by atoms with Crippen molar-refractivity contribution in [3.8, 4) is 0 Å². The zero-order valence-corrected chi connectivity index (χ0v) is 23.0. The number of aryl methyl sites for hydroxylation is 1. The van der Waals surface area contributed by atoms with E-state index in [-0.39, 0.29) is 43.6 Å². The van der Waals surface area contributed by atoms with Crippen LogP contribution >= 0.6 is 0 Å². The molecule has 6 rings (SSSR count). The highest BCUT2D eigenvalue weighted by Gasteiger charge is 2.39. The Kier molecular flexibility index (Phi) is 8.37. The molecule has 1 amide bonds. The number of amides is 1. The lowest BCUT2D eigenvalue weighted by atomic mass is 9.86. The summed E-state index contributed by atoms with van der Waals surface area (Å²) in [7, 11) is 0. The fourth-order valence-electron chi connectivity index (χ4n) is 6.56. The minimum absolute atomic E-state index is 0. The van der Waals surface area contributed by atoms with Gasteiger partial charge in [-0.1, -0.05) is 91.9 Å². The second-order valence-electron chi connectivity index (χ2n) is 11.2. The van der Waals surface area contributed by atoms with E-state index in [9.17, 15) is 9.18 Å². The first-order valence-corrected chi connectivity index (χ1v) is 14.1. The third-order valence-corrected chi connectivity index (χ3v) is 8.67. The zero-order valence-electron chi connectivity index (χ0n) is 23.0. The number of fused-ring (bicyclic) bond motifs is 2. The molecule has 0 unspecified atom stereocenters. The summed E-state index contributed by atoms with van der Waals surface area (Å²) < 4.78 is 30.3. The van der Waals surface area contributed by atoms with Crippen LogP contribution in [0.1, 0.15) is 59.3 Å². The van der Waals surface area contributed by atoms with E-state index in [2.05, 4.69) is 29.2 Å². The van der Waals surface area contributed by atoms with E-state index in [1.807, 2.05) is 55.1 Å². The zero-order chi connectivity index (χ0) is 27.8. The molecule has 212 valence electrons. The number of hydrogen-bond donors (Lipinski definition) is 0. The maximum absolute atomic E-state index is 15.4. The minimum Gasteiger partial charge on any atom is -0.333 e. The first kappa shape index (κ1) is 28.7.